The number of hydrogen-bond donors (Lipinski definition) is 1. The summed E-state index contributed by atoms with van der Waals surface area (Å²) in [5.41, 5.74) is 0. The normalized spacial score (nSPS) is 26.4. The van der Waals surface area contributed by atoms with Gasteiger partial charge in [-0.1, -0.05) is 6.92 Å². The van der Waals surface area contributed by atoms with Gasteiger partial charge in [-0.15, -0.1) is 0 Å². The zero-order chi connectivity index (χ0) is 9.14. The van der Waals surface area contributed by atoms with Crippen LogP contribution in [0.15, 0.2) is 0 Å². The van der Waals surface area contributed by atoms with Crippen LogP contribution in [0.4, 0.5) is 0 Å². The lowest BCUT2D eigenvalue weighted by Crippen LogP contribution is -2.38. The molecule has 3 heteroatoms. The minimum Gasteiger partial charge on any atom is -0.341 e. The number of likely N-dealkylation sites (N-methyl/N-ethyl adjacent to an activating group) is 1. The van der Waals surface area contributed by atoms with Gasteiger partial charge in [0, 0.05) is 25.6 Å². The van der Waals surface area contributed by atoms with Crippen LogP contribution in [0.2, 0.25) is 0 Å². The van der Waals surface area contributed by atoms with Crippen LogP contribution < -0.4 is 5.32 Å². The lowest BCUT2D eigenvalue weighted by molar-refractivity contribution is -0.127. The van der Waals surface area contributed by atoms with Gasteiger partial charge in [0.05, 0.1) is 0 Å². The van der Waals surface area contributed by atoms with Crippen molar-refractivity contribution in [2.45, 2.75) is 26.3 Å². The number of amides is 1. The van der Waals surface area contributed by atoms with E-state index in [4.69, 9.17) is 0 Å². The lowest BCUT2D eigenvalue weighted by Gasteiger charge is -2.20. The summed E-state index contributed by atoms with van der Waals surface area (Å²) >= 11 is 0. The number of carbonyl (C=O) groups is 1. The third kappa shape index (κ3) is 2.21. The Labute approximate surface area is 74.1 Å². The molecule has 0 bridgehead atoms. The Morgan fingerprint density at radius 1 is 1.75 bits per heavy atom. The van der Waals surface area contributed by atoms with Crippen molar-refractivity contribution in [3.63, 3.8) is 0 Å². The predicted molar refractivity (Wildman–Crippen MR) is 48.9 cm³/mol. The standard InChI is InChI=1S/C9H18N2O/c1-7-4-9(12)11(5-7)6-8(2)10-3/h7-8,10H,4-6H2,1-3H3. The molecule has 2 atom stereocenters. The average molecular weight is 170 g/mol. The largest absolute Gasteiger partial charge is 0.341 e. The second-order valence-corrected chi connectivity index (χ2v) is 3.80. The summed E-state index contributed by atoms with van der Waals surface area (Å²) in [6, 6.07) is 0.402. The van der Waals surface area contributed by atoms with Crippen LogP contribution in [-0.2, 0) is 4.79 Å². The van der Waals surface area contributed by atoms with Crippen LogP contribution in [0.1, 0.15) is 20.3 Å². The summed E-state index contributed by atoms with van der Waals surface area (Å²) in [6.07, 6.45) is 0.733. The molecule has 0 spiro atoms. The molecule has 12 heavy (non-hydrogen) atoms. The van der Waals surface area contributed by atoms with E-state index >= 15 is 0 Å². The highest BCUT2D eigenvalue weighted by atomic mass is 16.2. The number of rotatable bonds is 3. The molecule has 1 N–H and O–H groups in total. The minimum atomic E-state index is 0.310. The van der Waals surface area contributed by atoms with E-state index in [1.54, 1.807) is 0 Å². The highest BCUT2D eigenvalue weighted by Gasteiger charge is 2.26. The molecule has 0 radical (unpaired) electrons. The summed E-state index contributed by atoms with van der Waals surface area (Å²) in [4.78, 5) is 13.3. The van der Waals surface area contributed by atoms with Crippen molar-refractivity contribution in [3.05, 3.63) is 0 Å². The van der Waals surface area contributed by atoms with Crippen LogP contribution in [0.25, 0.3) is 0 Å². The van der Waals surface area contributed by atoms with Gasteiger partial charge in [0.2, 0.25) is 5.91 Å². The number of likely N-dealkylation sites (tertiary alicyclic amines) is 1. The van der Waals surface area contributed by atoms with E-state index in [0.29, 0.717) is 17.9 Å². The van der Waals surface area contributed by atoms with E-state index in [1.165, 1.54) is 0 Å². The molecule has 0 aromatic rings. The third-order valence-corrected chi connectivity index (χ3v) is 2.39. The van der Waals surface area contributed by atoms with Crippen molar-refractivity contribution < 1.29 is 4.79 Å². The summed E-state index contributed by atoms with van der Waals surface area (Å²) in [6.45, 7) is 6.00. The van der Waals surface area contributed by atoms with Crippen LogP contribution >= 0.6 is 0 Å². The maximum Gasteiger partial charge on any atom is 0.222 e. The molecule has 70 valence electrons. The van der Waals surface area contributed by atoms with Gasteiger partial charge in [0.25, 0.3) is 0 Å². The fraction of sp³-hybridized carbons (Fsp3) is 0.889. The second-order valence-electron chi connectivity index (χ2n) is 3.80. The molecule has 1 saturated heterocycles. The van der Waals surface area contributed by atoms with Crippen LogP contribution in [0.3, 0.4) is 0 Å². The van der Waals surface area contributed by atoms with Gasteiger partial charge in [-0.25, -0.2) is 0 Å². The van der Waals surface area contributed by atoms with Crippen LogP contribution in [-0.4, -0.2) is 37.0 Å². The quantitative estimate of drug-likeness (QED) is 0.667. The molecular weight excluding hydrogens is 152 g/mol. The maximum atomic E-state index is 11.3. The number of nitrogens with zero attached hydrogens (tertiary/aromatic N) is 1. The van der Waals surface area contributed by atoms with Gasteiger partial charge < -0.3 is 10.2 Å². The van der Waals surface area contributed by atoms with Crippen molar-refractivity contribution in [1.29, 1.82) is 0 Å². The first-order chi connectivity index (χ1) is 5.63. The Bertz CT molecular complexity index is 170. The number of nitrogens with one attached hydrogen (secondary N) is 1. The minimum absolute atomic E-state index is 0.310. The molecule has 2 unspecified atom stereocenters. The van der Waals surface area contributed by atoms with Crippen molar-refractivity contribution in [2.75, 3.05) is 20.1 Å². The molecule has 1 aliphatic rings. The molecule has 1 heterocycles. The van der Waals surface area contributed by atoms with E-state index in [2.05, 4.69) is 19.2 Å². The molecular formula is C9H18N2O. The number of hydrogen-bond acceptors (Lipinski definition) is 2. The SMILES string of the molecule is CNC(C)CN1CC(C)CC1=O. The summed E-state index contributed by atoms with van der Waals surface area (Å²) < 4.78 is 0. The van der Waals surface area contributed by atoms with Crippen molar-refractivity contribution in [3.8, 4) is 0 Å². The van der Waals surface area contributed by atoms with E-state index in [0.717, 1.165) is 19.5 Å². The van der Waals surface area contributed by atoms with E-state index in [9.17, 15) is 4.79 Å². The van der Waals surface area contributed by atoms with Gasteiger partial charge in [0.15, 0.2) is 0 Å². The van der Waals surface area contributed by atoms with Crippen molar-refractivity contribution in [1.82, 2.24) is 10.2 Å². The smallest absolute Gasteiger partial charge is 0.222 e. The molecule has 1 rings (SSSR count). The number of carbonyl (C=O) groups excluding carboxylic acids is 1. The Hall–Kier alpha value is -0.570. The second kappa shape index (κ2) is 3.90. The molecule has 0 saturated carbocycles. The predicted octanol–water partition coefficient (Wildman–Crippen LogP) is 0.463. The average Bonchev–Trinajstić information content (AvgIpc) is 2.30. The zero-order valence-electron chi connectivity index (χ0n) is 8.13. The molecule has 0 aromatic heterocycles. The maximum absolute atomic E-state index is 11.3. The zero-order valence-corrected chi connectivity index (χ0v) is 8.13. The summed E-state index contributed by atoms with van der Waals surface area (Å²) in [5.74, 6) is 0.853. The Morgan fingerprint density at radius 3 is 2.83 bits per heavy atom. The summed E-state index contributed by atoms with van der Waals surface area (Å²) in [7, 11) is 1.93. The Balaban J connectivity index is 2.37. The van der Waals surface area contributed by atoms with Gasteiger partial charge in [-0.2, -0.15) is 0 Å². The first kappa shape index (κ1) is 9.52. The van der Waals surface area contributed by atoms with E-state index in [1.807, 2.05) is 11.9 Å². The van der Waals surface area contributed by atoms with Gasteiger partial charge in [-0.05, 0) is 19.9 Å². The molecule has 1 fully saturated rings. The fourth-order valence-electron chi connectivity index (χ4n) is 1.57. The van der Waals surface area contributed by atoms with Crippen LogP contribution in [0.5, 0.6) is 0 Å². The fourth-order valence-corrected chi connectivity index (χ4v) is 1.57. The monoisotopic (exact) mass is 170 g/mol. The first-order valence-electron chi connectivity index (χ1n) is 4.58. The molecule has 0 aromatic carbocycles. The summed E-state index contributed by atoms with van der Waals surface area (Å²) in [5, 5.41) is 3.13. The van der Waals surface area contributed by atoms with E-state index < -0.39 is 0 Å². The third-order valence-electron chi connectivity index (χ3n) is 2.39. The topological polar surface area (TPSA) is 32.3 Å². The van der Waals surface area contributed by atoms with Gasteiger partial charge in [-0.3, -0.25) is 4.79 Å². The Morgan fingerprint density at radius 2 is 2.42 bits per heavy atom. The molecule has 1 aliphatic heterocycles. The Kier molecular flexibility index (Phi) is 3.09. The highest BCUT2D eigenvalue weighted by Crippen LogP contribution is 2.16. The molecule has 3 nitrogen and oxygen atoms in total. The van der Waals surface area contributed by atoms with Crippen molar-refractivity contribution in [2.24, 2.45) is 5.92 Å². The van der Waals surface area contributed by atoms with E-state index in [-0.39, 0.29) is 0 Å². The van der Waals surface area contributed by atoms with Crippen molar-refractivity contribution >= 4 is 5.91 Å². The van der Waals surface area contributed by atoms with Gasteiger partial charge >= 0.3 is 0 Å². The van der Waals surface area contributed by atoms with Crippen LogP contribution in [0, 0.1) is 5.92 Å². The molecule has 0 aliphatic carbocycles. The first-order valence-corrected chi connectivity index (χ1v) is 4.58. The molecule has 1 amide bonds. The lowest BCUT2D eigenvalue weighted by atomic mass is 10.2. The van der Waals surface area contributed by atoms with Gasteiger partial charge in [0.1, 0.15) is 0 Å². The highest BCUT2D eigenvalue weighted by molar-refractivity contribution is 5.78.